The van der Waals surface area contributed by atoms with E-state index in [1.807, 2.05) is 0 Å². The summed E-state index contributed by atoms with van der Waals surface area (Å²) in [7, 11) is 1.58. The maximum Gasteiger partial charge on any atom is 0.347 e. The zero-order chi connectivity index (χ0) is 19.1. The third-order valence-corrected chi connectivity index (χ3v) is 3.46. The van der Waals surface area contributed by atoms with Gasteiger partial charge in [0.1, 0.15) is 11.5 Å². The van der Waals surface area contributed by atoms with Crippen molar-refractivity contribution in [3.05, 3.63) is 54.1 Å². The van der Waals surface area contributed by atoms with Gasteiger partial charge < -0.3 is 19.5 Å². The predicted molar refractivity (Wildman–Crippen MR) is 98.7 cm³/mol. The summed E-state index contributed by atoms with van der Waals surface area (Å²) in [6.07, 6.45) is -0.922. The molecule has 0 spiro atoms. The van der Waals surface area contributed by atoms with Gasteiger partial charge in [-0.3, -0.25) is 4.79 Å². The van der Waals surface area contributed by atoms with Crippen LogP contribution >= 0.6 is 0 Å². The number of esters is 1. The van der Waals surface area contributed by atoms with Crippen LogP contribution in [0.4, 0.5) is 5.69 Å². The van der Waals surface area contributed by atoms with E-state index >= 15 is 0 Å². The molecule has 6 nitrogen and oxygen atoms in total. The van der Waals surface area contributed by atoms with Crippen LogP contribution in [0.1, 0.15) is 31.1 Å². The Balaban J connectivity index is 1.95. The summed E-state index contributed by atoms with van der Waals surface area (Å²) >= 11 is 0. The van der Waals surface area contributed by atoms with E-state index in [1.165, 1.54) is 0 Å². The zero-order valence-corrected chi connectivity index (χ0v) is 15.3. The van der Waals surface area contributed by atoms with Crippen molar-refractivity contribution in [2.45, 2.75) is 33.0 Å². The predicted octanol–water partition coefficient (Wildman–Crippen LogP) is 3.67. The quantitative estimate of drug-likeness (QED) is 0.766. The molecule has 2 rings (SSSR count). The number of ether oxygens (including phenoxy) is 3. The van der Waals surface area contributed by atoms with Crippen LogP contribution in [0.3, 0.4) is 0 Å². The molecule has 1 atom stereocenters. The van der Waals surface area contributed by atoms with Crippen LogP contribution in [0.15, 0.2) is 48.5 Å². The Morgan fingerprint density at radius 1 is 0.885 bits per heavy atom. The summed E-state index contributed by atoms with van der Waals surface area (Å²) in [5, 5.41) is 2.80. The number of amides is 1. The van der Waals surface area contributed by atoms with E-state index in [0.29, 0.717) is 17.0 Å². The van der Waals surface area contributed by atoms with Gasteiger partial charge in [0.25, 0.3) is 5.91 Å². The smallest absolute Gasteiger partial charge is 0.347 e. The molecule has 1 N–H and O–H groups in total. The molecule has 0 bridgehead atoms. The molecule has 2 aromatic carbocycles. The first-order valence-corrected chi connectivity index (χ1v) is 8.31. The lowest BCUT2D eigenvalue weighted by molar-refractivity contribution is -0.154. The highest BCUT2D eigenvalue weighted by molar-refractivity contribution is 6.04. The molecule has 26 heavy (non-hydrogen) atoms. The van der Waals surface area contributed by atoms with Crippen molar-refractivity contribution in [2.75, 3.05) is 12.4 Å². The van der Waals surface area contributed by atoms with Crippen molar-refractivity contribution < 1.29 is 23.8 Å². The number of carbonyl (C=O) groups is 2. The first-order chi connectivity index (χ1) is 12.4. The molecule has 0 aliphatic carbocycles. The first-order valence-electron chi connectivity index (χ1n) is 8.31. The molecule has 0 heterocycles. The summed E-state index contributed by atoms with van der Waals surface area (Å²) in [5.41, 5.74) is 1.15. The zero-order valence-electron chi connectivity index (χ0n) is 15.3. The molecule has 0 saturated carbocycles. The average Bonchev–Trinajstić information content (AvgIpc) is 2.62. The summed E-state index contributed by atoms with van der Waals surface area (Å²) in [6, 6.07) is 13.6. The van der Waals surface area contributed by atoms with Gasteiger partial charge in [0.15, 0.2) is 6.10 Å². The standard InChI is InChI=1S/C20H23NO5/c1-13(2)25-20(23)14(3)26-18-9-5-15(6-10-18)19(22)21-16-7-11-17(24-4)12-8-16/h5-14H,1-4H3,(H,21,22)/t14-/m0/s1. The van der Waals surface area contributed by atoms with Crippen LogP contribution in [0.25, 0.3) is 0 Å². The van der Waals surface area contributed by atoms with Crippen molar-refractivity contribution in [1.29, 1.82) is 0 Å². The Bertz CT molecular complexity index is 738. The van der Waals surface area contributed by atoms with Gasteiger partial charge in [-0.25, -0.2) is 4.79 Å². The Labute approximate surface area is 153 Å². The maximum atomic E-state index is 12.3. The normalized spacial score (nSPS) is 11.6. The van der Waals surface area contributed by atoms with Crippen LogP contribution in [-0.2, 0) is 9.53 Å². The van der Waals surface area contributed by atoms with Crippen molar-refractivity contribution >= 4 is 17.6 Å². The van der Waals surface area contributed by atoms with Gasteiger partial charge in [0, 0.05) is 11.3 Å². The summed E-state index contributed by atoms with van der Waals surface area (Å²) in [5.74, 6) is 0.532. The third kappa shape index (κ3) is 5.51. The SMILES string of the molecule is COc1ccc(NC(=O)c2ccc(O[C@@H](C)C(=O)OC(C)C)cc2)cc1. The minimum atomic E-state index is -0.726. The Hall–Kier alpha value is -3.02. The molecule has 0 aliphatic rings. The van der Waals surface area contributed by atoms with Crippen LogP contribution in [0.5, 0.6) is 11.5 Å². The van der Waals surface area contributed by atoms with Crippen molar-refractivity contribution in [2.24, 2.45) is 0 Å². The average molecular weight is 357 g/mol. The van der Waals surface area contributed by atoms with E-state index in [9.17, 15) is 9.59 Å². The molecule has 0 saturated heterocycles. The summed E-state index contributed by atoms with van der Waals surface area (Å²) in [4.78, 5) is 24.0. The second-order valence-electron chi connectivity index (χ2n) is 5.95. The molecular formula is C20H23NO5. The van der Waals surface area contributed by atoms with E-state index in [0.717, 1.165) is 5.75 Å². The third-order valence-electron chi connectivity index (χ3n) is 3.46. The lowest BCUT2D eigenvalue weighted by Gasteiger charge is -2.16. The van der Waals surface area contributed by atoms with Gasteiger partial charge in [-0.15, -0.1) is 0 Å². The topological polar surface area (TPSA) is 73.9 Å². The molecular weight excluding hydrogens is 334 g/mol. The number of hydrogen-bond acceptors (Lipinski definition) is 5. The number of benzene rings is 2. The van der Waals surface area contributed by atoms with Crippen LogP contribution in [-0.4, -0.2) is 31.2 Å². The van der Waals surface area contributed by atoms with Crippen LogP contribution < -0.4 is 14.8 Å². The summed E-state index contributed by atoms with van der Waals surface area (Å²) < 4.78 is 15.7. The highest BCUT2D eigenvalue weighted by Gasteiger charge is 2.17. The molecule has 0 unspecified atom stereocenters. The van der Waals surface area contributed by atoms with E-state index in [2.05, 4.69) is 5.32 Å². The molecule has 1 amide bonds. The minimum absolute atomic E-state index is 0.197. The fraction of sp³-hybridized carbons (Fsp3) is 0.300. The Morgan fingerprint density at radius 2 is 1.46 bits per heavy atom. The van der Waals surface area contributed by atoms with Crippen molar-refractivity contribution in [1.82, 2.24) is 0 Å². The number of hydrogen-bond donors (Lipinski definition) is 1. The number of anilines is 1. The second kappa shape index (κ2) is 8.89. The first kappa shape index (κ1) is 19.3. The monoisotopic (exact) mass is 357 g/mol. The van der Waals surface area contributed by atoms with Crippen LogP contribution in [0, 0.1) is 0 Å². The molecule has 138 valence electrons. The second-order valence-corrected chi connectivity index (χ2v) is 5.95. The van der Waals surface area contributed by atoms with Gasteiger partial charge in [0.05, 0.1) is 13.2 Å². The fourth-order valence-electron chi connectivity index (χ4n) is 2.14. The largest absolute Gasteiger partial charge is 0.497 e. The van der Waals surface area contributed by atoms with Gasteiger partial charge in [-0.2, -0.15) is 0 Å². The highest BCUT2D eigenvalue weighted by Crippen LogP contribution is 2.18. The lowest BCUT2D eigenvalue weighted by Crippen LogP contribution is -2.28. The highest BCUT2D eigenvalue weighted by atomic mass is 16.6. The number of nitrogens with one attached hydrogen (secondary N) is 1. The maximum absolute atomic E-state index is 12.3. The van der Waals surface area contributed by atoms with Gasteiger partial charge >= 0.3 is 5.97 Å². The van der Waals surface area contributed by atoms with Crippen molar-refractivity contribution in [3.63, 3.8) is 0 Å². The Morgan fingerprint density at radius 3 is 2.00 bits per heavy atom. The summed E-state index contributed by atoms with van der Waals surface area (Å²) in [6.45, 7) is 5.18. The molecule has 0 fully saturated rings. The fourth-order valence-corrected chi connectivity index (χ4v) is 2.14. The molecule has 0 aromatic heterocycles. The molecule has 6 heteroatoms. The molecule has 0 aliphatic heterocycles. The molecule has 2 aromatic rings. The lowest BCUT2D eigenvalue weighted by atomic mass is 10.2. The number of rotatable bonds is 7. The van der Waals surface area contributed by atoms with Crippen LogP contribution in [0.2, 0.25) is 0 Å². The van der Waals surface area contributed by atoms with Gasteiger partial charge in [0.2, 0.25) is 0 Å². The van der Waals surface area contributed by atoms with Gasteiger partial charge in [-0.05, 0) is 69.3 Å². The van der Waals surface area contributed by atoms with Gasteiger partial charge in [-0.1, -0.05) is 0 Å². The van der Waals surface area contributed by atoms with E-state index in [4.69, 9.17) is 14.2 Å². The number of methoxy groups -OCH3 is 1. The van der Waals surface area contributed by atoms with Crippen molar-refractivity contribution in [3.8, 4) is 11.5 Å². The van der Waals surface area contributed by atoms with E-state index in [1.54, 1.807) is 76.4 Å². The van der Waals surface area contributed by atoms with E-state index in [-0.39, 0.29) is 12.0 Å². The molecule has 0 radical (unpaired) electrons. The van der Waals surface area contributed by atoms with E-state index < -0.39 is 12.1 Å². The minimum Gasteiger partial charge on any atom is -0.497 e. The Kier molecular flexibility index (Phi) is 6.60. The number of carbonyl (C=O) groups excluding carboxylic acids is 2.